The third-order valence-electron chi connectivity index (χ3n) is 6.45. The Morgan fingerprint density at radius 1 is 0.938 bits per heavy atom. The van der Waals surface area contributed by atoms with Crippen LogP contribution in [0.15, 0.2) is 0 Å². The molecule has 0 nitrogen and oxygen atoms in total. The van der Waals surface area contributed by atoms with E-state index in [1.807, 2.05) is 13.8 Å². The summed E-state index contributed by atoms with van der Waals surface area (Å²) in [6.45, 7) is 14.2. The highest BCUT2D eigenvalue weighted by Crippen LogP contribution is 2.77. The van der Waals surface area contributed by atoms with E-state index < -0.39 is 0 Å². The Hall–Kier alpha value is 0. The van der Waals surface area contributed by atoms with Crippen LogP contribution in [0.2, 0.25) is 0 Å². The zero-order valence-electron chi connectivity index (χ0n) is 12.2. The van der Waals surface area contributed by atoms with Crippen molar-refractivity contribution >= 4 is 0 Å². The van der Waals surface area contributed by atoms with E-state index >= 15 is 0 Å². The fourth-order valence-corrected chi connectivity index (χ4v) is 5.39. The lowest BCUT2D eigenvalue weighted by molar-refractivity contribution is -0.111. The minimum Gasteiger partial charge on any atom is -0.0683 e. The van der Waals surface area contributed by atoms with Crippen LogP contribution in [0.5, 0.6) is 0 Å². The minimum atomic E-state index is 0.653. The number of hydrogen-bond acceptors (Lipinski definition) is 0. The summed E-state index contributed by atoms with van der Waals surface area (Å²) in [5.41, 5.74) is 2.07. The average Bonchev–Trinajstić information content (AvgIpc) is 2.55. The molecule has 0 heteroatoms. The van der Waals surface area contributed by atoms with Crippen LogP contribution in [0.3, 0.4) is 0 Å². The molecule has 0 amide bonds. The van der Waals surface area contributed by atoms with Crippen LogP contribution in [-0.4, -0.2) is 0 Å². The largest absolute Gasteiger partial charge is 0.0683 e. The Morgan fingerprint density at radius 3 is 1.81 bits per heavy atom. The lowest BCUT2D eigenvalue weighted by Crippen LogP contribution is -2.52. The molecule has 94 valence electrons. The molecule has 2 atom stereocenters. The third kappa shape index (κ3) is 1.22. The molecule has 2 bridgehead atoms. The van der Waals surface area contributed by atoms with Crippen LogP contribution >= 0.6 is 0 Å². The quantitative estimate of drug-likeness (QED) is 0.523. The fourth-order valence-electron chi connectivity index (χ4n) is 5.39. The molecule has 16 heavy (non-hydrogen) atoms. The van der Waals surface area contributed by atoms with Crippen molar-refractivity contribution in [1.82, 2.24) is 0 Å². The lowest BCUT2D eigenvalue weighted by Gasteiger charge is -2.60. The van der Waals surface area contributed by atoms with Gasteiger partial charge >= 0.3 is 0 Å². The summed E-state index contributed by atoms with van der Waals surface area (Å²) in [5.74, 6) is 2.08. The van der Waals surface area contributed by atoms with Crippen LogP contribution in [-0.2, 0) is 0 Å². The van der Waals surface area contributed by atoms with Gasteiger partial charge in [-0.15, -0.1) is 0 Å². The third-order valence-corrected chi connectivity index (χ3v) is 6.45. The van der Waals surface area contributed by atoms with Crippen LogP contribution in [0.1, 0.15) is 73.6 Å². The second kappa shape index (κ2) is 3.50. The topological polar surface area (TPSA) is 0 Å². The maximum absolute atomic E-state index is 2.56. The van der Waals surface area contributed by atoms with E-state index in [9.17, 15) is 0 Å². The molecule has 0 aromatic rings. The maximum Gasteiger partial charge on any atom is -0.0210 e. The zero-order valence-corrected chi connectivity index (χ0v) is 12.2. The van der Waals surface area contributed by atoms with E-state index in [-0.39, 0.29) is 0 Å². The van der Waals surface area contributed by atoms with Crippen LogP contribution in [0.25, 0.3) is 0 Å². The van der Waals surface area contributed by atoms with Gasteiger partial charge in [-0.05, 0) is 53.8 Å². The molecule has 0 aliphatic heterocycles. The summed E-state index contributed by atoms with van der Waals surface area (Å²) in [4.78, 5) is 0. The molecule has 1 spiro atoms. The Kier molecular flexibility index (Phi) is 2.72. The normalized spacial score (nSPS) is 40.1. The zero-order chi connectivity index (χ0) is 12.2. The summed E-state index contributed by atoms with van der Waals surface area (Å²) in [6.07, 6.45) is 7.60. The Morgan fingerprint density at radius 2 is 1.50 bits per heavy atom. The smallest absolute Gasteiger partial charge is 0.0210 e. The van der Waals surface area contributed by atoms with Gasteiger partial charge in [0.1, 0.15) is 0 Å². The van der Waals surface area contributed by atoms with Gasteiger partial charge in [0.2, 0.25) is 0 Å². The molecule has 3 fully saturated rings. The molecule has 3 rings (SSSR count). The van der Waals surface area contributed by atoms with Gasteiger partial charge in [0, 0.05) is 0 Å². The van der Waals surface area contributed by atoms with Gasteiger partial charge in [0.25, 0.3) is 0 Å². The van der Waals surface area contributed by atoms with E-state index in [0.29, 0.717) is 10.8 Å². The van der Waals surface area contributed by atoms with Crippen molar-refractivity contribution in [1.29, 1.82) is 0 Å². The molecule has 0 aromatic heterocycles. The maximum atomic E-state index is 2.56. The highest BCUT2D eigenvalue weighted by molar-refractivity contribution is 5.18. The molecule has 2 unspecified atom stereocenters. The van der Waals surface area contributed by atoms with Crippen molar-refractivity contribution in [2.75, 3.05) is 0 Å². The van der Waals surface area contributed by atoms with Crippen molar-refractivity contribution in [2.24, 2.45) is 28.1 Å². The van der Waals surface area contributed by atoms with E-state index in [2.05, 4.69) is 27.7 Å². The van der Waals surface area contributed by atoms with Crippen molar-refractivity contribution in [3.63, 3.8) is 0 Å². The van der Waals surface area contributed by atoms with E-state index in [4.69, 9.17) is 0 Å². The summed E-state index contributed by atoms with van der Waals surface area (Å²) in [6, 6.07) is 0. The molecule has 0 heterocycles. The molecule has 3 aliphatic rings. The van der Waals surface area contributed by atoms with Gasteiger partial charge in [0.05, 0.1) is 0 Å². The van der Waals surface area contributed by atoms with Gasteiger partial charge < -0.3 is 0 Å². The van der Waals surface area contributed by atoms with Gasteiger partial charge in [-0.2, -0.15) is 0 Å². The SMILES string of the molecule is CC.CC1(C)CC2CC1C1(CCC1)C2(C)C. The average molecular weight is 222 g/mol. The summed E-state index contributed by atoms with van der Waals surface area (Å²) < 4.78 is 0. The number of rotatable bonds is 0. The van der Waals surface area contributed by atoms with Crippen LogP contribution in [0.4, 0.5) is 0 Å². The standard InChI is InChI=1S/C14H24.C2H6/c1-12(2)9-10-8-11(12)14(6-5-7-14)13(10,3)4;1-2/h10-11H,5-9H2,1-4H3;1-2H3. The summed E-state index contributed by atoms with van der Waals surface area (Å²) >= 11 is 0. The summed E-state index contributed by atoms with van der Waals surface area (Å²) in [5, 5.41) is 0. The predicted molar refractivity (Wildman–Crippen MR) is 71.4 cm³/mol. The second-order valence-electron chi connectivity index (χ2n) is 7.41. The van der Waals surface area contributed by atoms with E-state index in [1.165, 1.54) is 25.7 Å². The predicted octanol–water partition coefficient (Wildman–Crippen LogP) is 5.28. The van der Waals surface area contributed by atoms with E-state index in [1.54, 1.807) is 6.42 Å². The van der Waals surface area contributed by atoms with Crippen molar-refractivity contribution in [3.05, 3.63) is 0 Å². The highest BCUT2D eigenvalue weighted by atomic mass is 14.7. The lowest BCUT2D eigenvalue weighted by atomic mass is 9.44. The number of fused-ring (bicyclic) bond motifs is 3. The molecule has 0 aromatic carbocycles. The Labute approximate surface area is 102 Å². The first-order valence-electron chi connectivity index (χ1n) is 7.40. The first-order valence-corrected chi connectivity index (χ1v) is 7.40. The van der Waals surface area contributed by atoms with Crippen molar-refractivity contribution in [3.8, 4) is 0 Å². The molecule has 3 saturated carbocycles. The van der Waals surface area contributed by atoms with Gasteiger partial charge in [-0.3, -0.25) is 0 Å². The molecule has 0 saturated heterocycles. The van der Waals surface area contributed by atoms with Gasteiger partial charge in [-0.1, -0.05) is 48.0 Å². The van der Waals surface area contributed by atoms with Gasteiger partial charge in [0.15, 0.2) is 0 Å². The Balaban J connectivity index is 0.000000457. The van der Waals surface area contributed by atoms with Crippen molar-refractivity contribution in [2.45, 2.75) is 73.6 Å². The highest BCUT2D eigenvalue weighted by Gasteiger charge is 2.69. The molecule has 0 N–H and O–H groups in total. The summed E-state index contributed by atoms with van der Waals surface area (Å²) in [7, 11) is 0. The molecule has 0 radical (unpaired) electrons. The van der Waals surface area contributed by atoms with Gasteiger partial charge in [-0.25, -0.2) is 0 Å². The minimum absolute atomic E-state index is 0.653. The molecule has 3 aliphatic carbocycles. The second-order valence-corrected chi connectivity index (χ2v) is 7.41. The van der Waals surface area contributed by atoms with E-state index in [0.717, 1.165) is 17.3 Å². The molecular weight excluding hydrogens is 192 g/mol. The Bertz CT molecular complexity index is 268. The fraction of sp³-hybridized carbons (Fsp3) is 1.00. The first kappa shape index (κ1) is 12.5. The molecular formula is C16H30. The first-order chi connectivity index (χ1) is 7.40. The van der Waals surface area contributed by atoms with Crippen molar-refractivity contribution < 1.29 is 0 Å². The monoisotopic (exact) mass is 222 g/mol. The van der Waals surface area contributed by atoms with Crippen LogP contribution < -0.4 is 0 Å². The number of hydrogen-bond donors (Lipinski definition) is 0. The van der Waals surface area contributed by atoms with Crippen LogP contribution in [0, 0.1) is 28.1 Å².